The highest BCUT2D eigenvalue weighted by Gasteiger charge is 2.17. The molecular weight excluding hydrogens is 325 g/mol. The van der Waals surface area contributed by atoms with Crippen LogP contribution in [0.2, 0.25) is 0 Å². The van der Waals surface area contributed by atoms with Gasteiger partial charge in [-0.05, 0) is 56.9 Å². The third-order valence-corrected chi connectivity index (χ3v) is 3.78. The number of carbonyl (C=O) groups excluding carboxylic acids is 1. The van der Waals surface area contributed by atoms with Crippen molar-refractivity contribution in [2.45, 2.75) is 12.5 Å². The van der Waals surface area contributed by atoms with Crippen molar-refractivity contribution in [2.24, 2.45) is 0 Å². The first-order valence-corrected chi connectivity index (χ1v) is 7.82. The minimum atomic E-state index is -0.514. The lowest BCUT2D eigenvalue weighted by molar-refractivity contribution is -0.384. The highest BCUT2D eigenvalue weighted by molar-refractivity contribution is 5.94. The molecule has 25 heavy (non-hydrogen) atoms. The number of halogens is 1. The number of benzene rings is 2. The van der Waals surface area contributed by atoms with E-state index >= 15 is 0 Å². The second-order valence-corrected chi connectivity index (χ2v) is 5.97. The number of nitro benzene ring substituents is 1. The van der Waals surface area contributed by atoms with Crippen LogP contribution in [0, 0.1) is 15.9 Å². The van der Waals surface area contributed by atoms with Crippen LogP contribution in [0.1, 0.15) is 28.4 Å². The van der Waals surface area contributed by atoms with Gasteiger partial charge in [-0.3, -0.25) is 14.9 Å². The van der Waals surface area contributed by atoms with Crippen molar-refractivity contribution < 1.29 is 14.1 Å². The van der Waals surface area contributed by atoms with Gasteiger partial charge in [0.05, 0.1) is 11.0 Å². The second-order valence-electron chi connectivity index (χ2n) is 5.97. The lowest BCUT2D eigenvalue weighted by atomic mass is 10.0. The van der Waals surface area contributed by atoms with E-state index in [-0.39, 0.29) is 23.5 Å². The first-order chi connectivity index (χ1) is 11.9. The van der Waals surface area contributed by atoms with Gasteiger partial charge < -0.3 is 10.2 Å². The molecule has 0 heterocycles. The molecule has 0 aliphatic rings. The zero-order valence-electron chi connectivity index (χ0n) is 14.1. The molecule has 7 heteroatoms. The van der Waals surface area contributed by atoms with Crippen molar-refractivity contribution in [1.82, 2.24) is 10.2 Å². The van der Waals surface area contributed by atoms with Gasteiger partial charge in [-0.25, -0.2) is 4.39 Å². The molecule has 2 aromatic rings. The summed E-state index contributed by atoms with van der Waals surface area (Å²) in [5.41, 5.74) is 1.07. The van der Waals surface area contributed by atoms with Crippen LogP contribution in [0.3, 0.4) is 0 Å². The van der Waals surface area contributed by atoms with Crippen LogP contribution in [0.25, 0.3) is 0 Å². The molecule has 1 amide bonds. The highest BCUT2D eigenvalue weighted by Crippen LogP contribution is 2.19. The molecule has 0 spiro atoms. The van der Waals surface area contributed by atoms with Crippen molar-refractivity contribution in [1.29, 1.82) is 0 Å². The Morgan fingerprint density at radius 3 is 2.28 bits per heavy atom. The second kappa shape index (κ2) is 8.34. The van der Waals surface area contributed by atoms with Crippen molar-refractivity contribution in [2.75, 3.05) is 20.6 Å². The van der Waals surface area contributed by atoms with E-state index in [0.717, 1.165) is 12.1 Å². The molecule has 132 valence electrons. The molecule has 0 saturated carbocycles. The standard InChI is InChI=1S/C18H20FN3O3/c1-21(2)12-11-17(13-3-7-15(19)8-4-13)20-18(23)14-5-9-16(10-6-14)22(24)25/h3-10,17H,11-12H2,1-2H3,(H,20,23). The molecule has 0 saturated heterocycles. The number of amides is 1. The quantitative estimate of drug-likeness (QED) is 0.618. The van der Waals surface area contributed by atoms with E-state index in [4.69, 9.17) is 0 Å². The van der Waals surface area contributed by atoms with Gasteiger partial charge in [-0.1, -0.05) is 12.1 Å². The monoisotopic (exact) mass is 345 g/mol. The van der Waals surface area contributed by atoms with Gasteiger partial charge in [-0.2, -0.15) is 0 Å². The normalized spacial score (nSPS) is 12.0. The zero-order chi connectivity index (χ0) is 18.4. The Balaban J connectivity index is 2.15. The number of non-ortho nitro benzene ring substituents is 1. The third-order valence-electron chi connectivity index (χ3n) is 3.78. The fourth-order valence-electron chi connectivity index (χ4n) is 2.38. The number of rotatable bonds is 7. The Hall–Kier alpha value is -2.80. The molecule has 1 atom stereocenters. The Morgan fingerprint density at radius 1 is 1.16 bits per heavy atom. The van der Waals surface area contributed by atoms with Crippen LogP contribution >= 0.6 is 0 Å². The first kappa shape index (κ1) is 18.5. The summed E-state index contributed by atoms with van der Waals surface area (Å²) in [5.74, 6) is -0.667. The van der Waals surface area contributed by atoms with E-state index in [1.807, 2.05) is 19.0 Å². The van der Waals surface area contributed by atoms with Crippen molar-refractivity contribution >= 4 is 11.6 Å². The minimum absolute atomic E-state index is 0.0701. The number of nitro groups is 1. The fraction of sp³-hybridized carbons (Fsp3) is 0.278. The maximum Gasteiger partial charge on any atom is 0.269 e. The van der Waals surface area contributed by atoms with E-state index in [2.05, 4.69) is 5.32 Å². The van der Waals surface area contributed by atoms with Gasteiger partial charge in [0.2, 0.25) is 0 Å². The van der Waals surface area contributed by atoms with E-state index in [1.165, 1.54) is 36.4 Å². The van der Waals surface area contributed by atoms with Crippen LogP contribution in [0.5, 0.6) is 0 Å². The molecular formula is C18H20FN3O3. The smallest absolute Gasteiger partial charge is 0.269 e. The molecule has 2 rings (SSSR count). The number of carbonyl (C=O) groups is 1. The maximum absolute atomic E-state index is 13.1. The molecule has 0 radical (unpaired) electrons. The van der Waals surface area contributed by atoms with Crippen LogP contribution in [0.15, 0.2) is 48.5 Å². The Morgan fingerprint density at radius 2 is 1.76 bits per heavy atom. The van der Waals surface area contributed by atoms with Crippen molar-refractivity contribution in [3.63, 3.8) is 0 Å². The van der Waals surface area contributed by atoms with E-state index in [9.17, 15) is 19.3 Å². The fourth-order valence-corrected chi connectivity index (χ4v) is 2.38. The van der Waals surface area contributed by atoms with E-state index in [0.29, 0.717) is 12.0 Å². The molecule has 1 N–H and O–H groups in total. The number of hydrogen-bond donors (Lipinski definition) is 1. The molecule has 0 bridgehead atoms. The third kappa shape index (κ3) is 5.36. The van der Waals surface area contributed by atoms with Gasteiger partial charge in [0, 0.05) is 17.7 Å². The predicted molar refractivity (Wildman–Crippen MR) is 92.9 cm³/mol. The maximum atomic E-state index is 13.1. The van der Waals surface area contributed by atoms with Crippen LogP contribution in [0.4, 0.5) is 10.1 Å². The molecule has 0 fully saturated rings. The van der Waals surface area contributed by atoms with Crippen LogP contribution < -0.4 is 5.32 Å². The lowest BCUT2D eigenvalue weighted by Gasteiger charge is -2.21. The predicted octanol–water partition coefficient (Wildman–Crippen LogP) is 3.16. The SMILES string of the molecule is CN(C)CCC(NC(=O)c1ccc([N+](=O)[O-])cc1)c1ccc(F)cc1. The molecule has 1 unspecified atom stereocenters. The van der Waals surface area contributed by atoms with Gasteiger partial charge >= 0.3 is 0 Å². The topological polar surface area (TPSA) is 75.5 Å². The van der Waals surface area contributed by atoms with Crippen LogP contribution in [-0.2, 0) is 0 Å². The summed E-state index contributed by atoms with van der Waals surface area (Å²) in [5, 5.41) is 13.6. The lowest BCUT2D eigenvalue weighted by Crippen LogP contribution is -2.31. The van der Waals surface area contributed by atoms with Gasteiger partial charge in [0.15, 0.2) is 0 Å². The summed E-state index contributed by atoms with van der Waals surface area (Å²) in [7, 11) is 3.86. The van der Waals surface area contributed by atoms with Gasteiger partial charge in [0.25, 0.3) is 11.6 Å². The zero-order valence-corrected chi connectivity index (χ0v) is 14.1. The summed E-state index contributed by atoms with van der Waals surface area (Å²) in [6, 6.07) is 11.1. The molecule has 0 aromatic heterocycles. The first-order valence-electron chi connectivity index (χ1n) is 7.82. The molecule has 6 nitrogen and oxygen atoms in total. The van der Waals surface area contributed by atoms with Crippen LogP contribution in [-0.4, -0.2) is 36.4 Å². The highest BCUT2D eigenvalue weighted by atomic mass is 19.1. The number of nitrogens with zero attached hydrogens (tertiary/aromatic N) is 2. The van der Waals surface area contributed by atoms with E-state index < -0.39 is 4.92 Å². The van der Waals surface area contributed by atoms with Crippen molar-refractivity contribution in [3.05, 3.63) is 75.6 Å². The van der Waals surface area contributed by atoms with Crippen molar-refractivity contribution in [3.8, 4) is 0 Å². The Labute approximate surface area is 145 Å². The molecule has 0 aliphatic carbocycles. The summed E-state index contributed by atoms with van der Waals surface area (Å²) >= 11 is 0. The number of hydrogen-bond acceptors (Lipinski definition) is 4. The Kier molecular flexibility index (Phi) is 6.19. The van der Waals surface area contributed by atoms with E-state index in [1.54, 1.807) is 12.1 Å². The summed E-state index contributed by atoms with van der Waals surface area (Å²) in [6.45, 7) is 0.739. The molecule has 2 aromatic carbocycles. The average Bonchev–Trinajstić information content (AvgIpc) is 2.59. The van der Waals surface area contributed by atoms with Gasteiger partial charge in [-0.15, -0.1) is 0 Å². The largest absolute Gasteiger partial charge is 0.345 e. The van der Waals surface area contributed by atoms with Gasteiger partial charge in [0.1, 0.15) is 5.82 Å². The average molecular weight is 345 g/mol. The number of nitrogens with one attached hydrogen (secondary N) is 1. The Bertz CT molecular complexity index is 730. The summed E-state index contributed by atoms with van der Waals surface area (Å²) in [6.07, 6.45) is 0.650. The summed E-state index contributed by atoms with van der Waals surface area (Å²) in [4.78, 5) is 24.6. The molecule has 0 aliphatic heterocycles. The summed E-state index contributed by atoms with van der Waals surface area (Å²) < 4.78 is 13.1. The minimum Gasteiger partial charge on any atom is -0.345 e.